The Morgan fingerprint density at radius 1 is 1.29 bits per heavy atom. The highest BCUT2D eigenvalue weighted by Crippen LogP contribution is 2.28. The average Bonchev–Trinajstić information content (AvgIpc) is 2.44. The van der Waals surface area contributed by atoms with Crippen LogP contribution < -0.4 is 5.73 Å². The zero-order valence-corrected chi connectivity index (χ0v) is 13.4. The third-order valence-electron chi connectivity index (χ3n) is 3.31. The molecule has 1 aromatic carbocycles. The van der Waals surface area contributed by atoms with Crippen LogP contribution in [0, 0.1) is 5.92 Å². The number of rotatable bonds is 5. The first-order chi connectivity index (χ1) is 9.87. The Labute approximate surface area is 125 Å². The third kappa shape index (κ3) is 3.01. The molecular formula is C15H21N3O2S. The Balaban J connectivity index is 2.62. The van der Waals surface area contributed by atoms with Gasteiger partial charge in [-0.25, -0.2) is 8.42 Å². The minimum absolute atomic E-state index is 0.217. The lowest BCUT2D eigenvalue weighted by Crippen LogP contribution is -2.34. The molecule has 1 aromatic heterocycles. The summed E-state index contributed by atoms with van der Waals surface area (Å²) in [6.45, 7) is 6.75. The topological polar surface area (TPSA) is 76.3 Å². The second kappa shape index (κ2) is 5.99. The number of benzene rings is 1. The number of pyridine rings is 1. The van der Waals surface area contributed by atoms with Gasteiger partial charge in [0.25, 0.3) is 0 Å². The summed E-state index contributed by atoms with van der Waals surface area (Å²) >= 11 is 0. The Morgan fingerprint density at radius 2 is 2.00 bits per heavy atom. The van der Waals surface area contributed by atoms with Gasteiger partial charge in [0.2, 0.25) is 10.0 Å². The van der Waals surface area contributed by atoms with Crippen molar-refractivity contribution in [1.29, 1.82) is 0 Å². The Hall–Kier alpha value is -1.66. The van der Waals surface area contributed by atoms with E-state index in [1.165, 1.54) is 4.31 Å². The van der Waals surface area contributed by atoms with Crippen LogP contribution in [0.15, 0.2) is 35.4 Å². The van der Waals surface area contributed by atoms with E-state index in [0.29, 0.717) is 29.7 Å². The smallest absolute Gasteiger partial charge is 0.245 e. The zero-order valence-electron chi connectivity index (χ0n) is 12.6. The average molecular weight is 307 g/mol. The largest absolute Gasteiger partial charge is 0.398 e. The van der Waals surface area contributed by atoms with Gasteiger partial charge in [-0.05, 0) is 30.2 Å². The van der Waals surface area contributed by atoms with Crippen molar-refractivity contribution in [2.75, 3.05) is 18.8 Å². The van der Waals surface area contributed by atoms with E-state index < -0.39 is 10.0 Å². The minimum Gasteiger partial charge on any atom is -0.398 e. The van der Waals surface area contributed by atoms with Crippen molar-refractivity contribution in [1.82, 2.24) is 9.29 Å². The fourth-order valence-electron chi connectivity index (χ4n) is 2.32. The molecule has 0 aliphatic heterocycles. The molecule has 2 rings (SSSR count). The number of hydrogen-bond donors (Lipinski definition) is 1. The SMILES string of the molecule is CCN(CC(C)C)S(=O)(=O)c1ccc(N)c2cccnc12. The van der Waals surface area contributed by atoms with Crippen molar-refractivity contribution >= 4 is 26.6 Å². The lowest BCUT2D eigenvalue weighted by atomic mass is 10.2. The van der Waals surface area contributed by atoms with Gasteiger partial charge in [0.05, 0.1) is 5.52 Å². The molecule has 0 amide bonds. The van der Waals surface area contributed by atoms with Crippen LogP contribution in [0.3, 0.4) is 0 Å². The standard InChI is InChI=1S/C15H21N3O2S/c1-4-18(10-11(2)3)21(19,20)14-8-7-13(16)12-6-5-9-17-15(12)14/h5-9,11H,4,10,16H2,1-3H3. The molecule has 0 fully saturated rings. The third-order valence-corrected chi connectivity index (χ3v) is 5.28. The number of nitrogen functional groups attached to an aromatic ring is 1. The van der Waals surface area contributed by atoms with Gasteiger partial charge in [-0.1, -0.05) is 20.8 Å². The van der Waals surface area contributed by atoms with E-state index >= 15 is 0 Å². The molecule has 1 heterocycles. The van der Waals surface area contributed by atoms with Gasteiger partial charge >= 0.3 is 0 Å². The molecule has 0 bridgehead atoms. The zero-order chi connectivity index (χ0) is 15.6. The number of anilines is 1. The van der Waals surface area contributed by atoms with Gasteiger partial charge in [0, 0.05) is 30.4 Å². The maximum absolute atomic E-state index is 12.9. The van der Waals surface area contributed by atoms with Crippen LogP contribution >= 0.6 is 0 Å². The molecule has 6 heteroatoms. The minimum atomic E-state index is -3.57. The van der Waals surface area contributed by atoms with Crippen LogP contribution in [0.1, 0.15) is 20.8 Å². The number of fused-ring (bicyclic) bond motifs is 1. The van der Waals surface area contributed by atoms with Crippen molar-refractivity contribution in [3.63, 3.8) is 0 Å². The lowest BCUT2D eigenvalue weighted by molar-refractivity contribution is 0.381. The molecule has 21 heavy (non-hydrogen) atoms. The fourth-order valence-corrected chi connectivity index (χ4v) is 4.08. The summed E-state index contributed by atoms with van der Waals surface area (Å²) < 4.78 is 27.2. The molecule has 0 atom stereocenters. The van der Waals surface area contributed by atoms with Crippen molar-refractivity contribution in [2.24, 2.45) is 5.92 Å². The van der Waals surface area contributed by atoms with Gasteiger partial charge in [-0.15, -0.1) is 0 Å². The monoisotopic (exact) mass is 307 g/mol. The molecule has 0 radical (unpaired) electrons. The first kappa shape index (κ1) is 15.7. The fraction of sp³-hybridized carbons (Fsp3) is 0.400. The van der Waals surface area contributed by atoms with Crippen LogP contribution in [0.5, 0.6) is 0 Å². The summed E-state index contributed by atoms with van der Waals surface area (Å²) in [6.07, 6.45) is 1.58. The van der Waals surface area contributed by atoms with Crippen molar-refractivity contribution in [3.05, 3.63) is 30.5 Å². The molecule has 2 aromatic rings. The van der Waals surface area contributed by atoms with E-state index in [4.69, 9.17) is 5.73 Å². The van der Waals surface area contributed by atoms with Gasteiger partial charge in [-0.3, -0.25) is 4.98 Å². The molecular weight excluding hydrogens is 286 g/mol. The van der Waals surface area contributed by atoms with E-state index in [1.807, 2.05) is 20.8 Å². The van der Waals surface area contributed by atoms with E-state index in [9.17, 15) is 8.42 Å². The highest BCUT2D eigenvalue weighted by Gasteiger charge is 2.26. The van der Waals surface area contributed by atoms with Crippen LogP contribution in [0.4, 0.5) is 5.69 Å². The van der Waals surface area contributed by atoms with Crippen LogP contribution in [0.2, 0.25) is 0 Å². The summed E-state index contributed by atoms with van der Waals surface area (Å²) in [7, 11) is -3.57. The number of sulfonamides is 1. The van der Waals surface area contributed by atoms with E-state index in [0.717, 1.165) is 0 Å². The van der Waals surface area contributed by atoms with Crippen LogP contribution in [0.25, 0.3) is 10.9 Å². The summed E-state index contributed by atoms with van der Waals surface area (Å²) in [6, 6.07) is 6.71. The number of nitrogens with zero attached hydrogens (tertiary/aromatic N) is 2. The first-order valence-corrected chi connectivity index (χ1v) is 8.45. The van der Waals surface area contributed by atoms with Crippen molar-refractivity contribution in [3.8, 4) is 0 Å². The number of hydrogen-bond acceptors (Lipinski definition) is 4. The molecule has 0 unspecified atom stereocenters. The van der Waals surface area contributed by atoms with Crippen molar-refractivity contribution < 1.29 is 8.42 Å². The summed E-state index contributed by atoms with van der Waals surface area (Å²) in [5, 5.41) is 0.666. The molecule has 114 valence electrons. The lowest BCUT2D eigenvalue weighted by Gasteiger charge is -2.23. The van der Waals surface area contributed by atoms with E-state index in [1.54, 1.807) is 30.5 Å². The quantitative estimate of drug-likeness (QED) is 0.861. The van der Waals surface area contributed by atoms with Gasteiger partial charge < -0.3 is 5.73 Å². The van der Waals surface area contributed by atoms with Crippen LogP contribution in [-0.4, -0.2) is 30.8 Å². The summed E-state index contributed by atoms with van der Waals surface area (Å²) in [4.78, 5) is 4.44. The van der Waals surface area contributed by atoms with E-state index in [2.05, 4.69) is 4.98 Å². The second-order valence-corrected chi connectivity index (χ2v) is 7.31. The second-order valence-electron chi connectivity index (χ2n) is 5.40. The molecule has 0 aliphatic carbocycles. The first-order valence-electron chi connectivity index (χ1n) is 7.01. The molecule has 0 saturated carbocycles. The Kier molecular flexibility index (Phi) is 4.49. The predicted molar refractivity (Wildman–Crippen MR) is 85.4 cm³/mol. The Morgan fingerprint density at radius 3 is 2.62 bits per heavy atom. The van der Waals surface area contributed by atoms with Crippen LogP contribution in [-0.2, 0) is 10.0 Å². The van der Waals surface area contributed by atoms with Gasteiger partial charge in [-0.2, -0.15) is 4.31 Å². The molecule has 0 spiro atoms. The van der Waals surface area contributed by atoms with E-state index in [-0.39, 0.29) is 10.8 Å². The maximum Gasteiger partial charge on any atom is 0.245 e. The maximum atomic E-state index is 12.9. The van der Waals surface area contributed by atoms with Crippen molar-refractivity contribution in [2.45, 2.75) is 25.7 Å². The molecule has 2 N–H and O–H groups in total. The molecule has 0 saturated heterocycles. The van der Waals surface area contributed by atoms with Gasteiger partial charge in [0.15, 0.2) is 0 Å². The summed E-state index contributed by atoms with van der Waals surface area (Å²) in [5.41, 5.74) is 6.87. The number of nitrogens with two attached hydrogens (primary N) is 1. The predicted octanol–water partition coefficient (Wildman–Crippen LogP) is 2.48. The number of aromatic nitrogens is 1. The highest BCUT2D eigenvalue weighted by molar-refractivity contribution is 7.89. The normalized spacial score (nSPS) is 12.4. The highest BCUT2D eigenvalue weighted by atomic mass is 32.2. The Bertz CT molecular complexity index is 742. The molecule has 5 nitrogen and oxygen atoms in total. The molecule has 0 aliphatic rings. The summed E-state index contributed by atoms with van der Waals surface area (Å²) in [5.74, 6) is 0.257. The van der Waals surface area contributed by atoms with Gasteiger partial charge in [0.1, 0.15) is 4.90 Å².